The SMILES string of the molecule is CN=C(NCCc1ccc(S(C)(=O)=O)cc1)NCc1ccc([N+](=O)[O-])cc1.I. The predicted octanol–water partition coefficient (Wildman–Crippen LogP) is 2.52. The van der Waals surface area contributed by atoms with Crippen molar-refractivity contribution in [2.75, 3.05) is 19.8 Å². The van der Waals surface area contributed by atoms with Crippen molar-refractivity contribution in [1.82, 2.24) is 10.6 Å². The Balaban J connectivity index is 0.00000392. The first-order chi connectivity index (χ1) is 12.8. The Kier molecular flexibility index (Phi) is 9.32. The standard InChI is InChI=1S/C18H22N4O4S.HI/c1-19-18(21-13-15-3-7-16(8-4-15)22(23)24)20-12-11-14-5-9-17(10-6-14)27(2,25)26;/h3-10H,11-13H2,1-2H3,(H2,19,20,21);1H. The van der Waals surface area contributed by atoms with Gasteiger partial charge in [0.1, 0.15) is 0 Å². The lowest BCUT2D eigenvalue weighted by Crippen LogP contribution is -2.37. The van der Waals surface area contributed by atoms with Gasteiger partial charge in [-0.05, 0) is 29.7 Å². The first-order valence-electron chi connectivity index (χ1n) is 8.26. The summed E-state index contributed by atoms with van der Waals surface area (Å²) >= 11 is 0. The van der Waals surface area contributed by atoms with Crippen LogP contribution >= 0.6 is 24.0 Å². The van der Waals surface area contributed by atoms with E-state index in [-0.39, 0.29) is 29.7 Å². The summed E-state index contributed by atoms with van der Waals surface area (Å²) in [4.78, 5) is 14.7. The molecule has 0 aromatic heterocycles. The summed E-state index contributed by atoms with van der Waals surface area (Å²) in [7, 11) is -1.52. The van der Waals surface area contributed by atoms with Crippen molar-refractivity contribution in [1.29, 1.82) is 0 Å². The Morgan fingerprint density at radius 2 is 1.61 bits per heavy atom. The first-order valence-corrected chi connectivity index (χ1v) is 10.2. The molecule has 0 aliphatic carbocycles. The van der Waals surface area contributed by atoms with E-state index in [1.54, 1.807) is 43.4 Å². The molecule has 2 aromatic carbocycles. The van der Waals surface area contributed by atoms with Gasteiger partial charge in [-0.1, -0.05) is 24.3 Å². The van der Waals surface area contributed by atoms with Gasteiger partial charge in [-0.15, -0.1) is 24.0 Å². The molecule has 0 aliphatic rings. The Labute approximate surface area is 181 Å². The average molecular weight is 518 g/mol. The maximum absolute atomic E-state index is 11.5. The number of benzene rings is 2. The summed E-state index contributed by atoms with van der Waals surface area (Å²) in [5.41, 5.74) is 1.98. The highest BCUT2D eigenvalue weighted by molar-refractivity contribution is 14.0. The third kappa shape index (κ3) is 7.43. The van der Waals surface area contributed by atoms with Gasteiger partial charge in [-0.2, -0.15) is 0 Å². The minimum atomic E-state index is -3.18. The van der Waals surface area contributed by atoms with E-state index in [9.17, 15) is 18.5 Å². The molecule has 0 heterocycles. The quantitative estimate of drug-likeness (QED) is 0.192. The largest absolute Gasteiger partial charge is 0.356 e. The van der Waals surface area contributed by atoms with Crippen LogP contribution in [0.1, 0.15) is 11.1 Å². The van der Waals surface area contributed by atoms with Crippen molar-refractivity contribution in [3.8, 4) is 0 Å². The molecule has 2 aromatic rings. The number of aliphatic imine (C=N–C) groups is 1. The van der Waals surface area contributed by atoms with Crippen molar-refractivity contribution in [2.24, 2.45) is 4.99 Å². The van der Waals surface area contributed by atoms with Gasteiger partial charge in [0.15, 0.2) is 15.8 Å². The summed E-state index contributed by atoms with van der Waals surface area (Å²) in [6, 6.07) is 13.1. The molecule has 0 unspecified atom stereocenters. The minimum absolute atomic E-state index is 0. The second-order valence-corrected chi connectivity index (χ2v) is 7.96. The maximum Gasteiger partial charge on any atom is 0.269 e. The molecule has 10 heteroatoms. The van der Waals surface area contributed by atoms with E-state index in [2.05, 4.69) is 15.6 Å². The smallest absolute Gasteiger partial charge is 0.269 e. The number of hydrogen-bond donors (Lipinski definition) is 2. The van der Waals surface area contributed by atoms with Gasteiger partial charge in [0.25, 0.3) is 5.69 Å². The van der Waals surface area contributed by atoms with Crippen LogP contribution in [0.3, 0.4) is 0 Å². The van der Waals surface area contributed by atoms with Crippen LogP contribution in [0.2, 0.25) is 0 Å². The van der Waals surface area contributed by atoms with Crippen molar-refractivity contribution in [2.45, 2.75) is 17.9 Å². The Bertz CT molecular complexity index is 914. The van der Waals surface area contributed by atoms with Crippen LogP contribution < -0.4 is 10.6 Å². The highest BCUT2D eigenvalue weighted by Gasteiger charge is 2.07. The fourth-order valence-electron chi connectivity index (χ4n) is 2.37. The van der Waals surface area contributed by atoms with E-state index in [1.165, 1.54) is 18.4 Å². The van der Waals surface area contributed by atoms with E-state index in [4.69, 9.17) is 0 Å². The van der Waals surface area contributed by atoms with Crippen molar-refractivity contribution >= 4 is 45.5 Å². The van der Waals surface area contributed by atoms with Gasteiger partial charge in [-0.3, -0.25) is 15.1 Å². The second-order valence-electron chi connectivity index (χ2n) is 5.94. The van der Waals surface area contributed by atoms with Gasteiger partial charge in [-0.25, -0.2) is 8.42 Å². The number of sulfone groups is 1. The predicted molar refractivity (Wildman–Crippen MR) is 120 cm³/mol. The molecule has 152 valence electrons. The molecule has 0 aliphatic heterocycles. The average Bonchev–Trinajstić information content (AvgIpc) is 2.64. The highest BCUT2D eigenvalue weighted by Crippen LogP contribution is 2.12. The Morgan fingerprint density at radius 3 is 2.11 bits per heavy atom. The summed E-state index contributed by atoms with van der Waals surface area (Å²) < 4.78 is 22.9. The Morgan fingerprint density at radius 1 is 1.04 bits per heavy atom. The van der Waals surface area contributed by atoms with Crippen LogP contribution in [0.5, 0.6) is 0 Å². The maximum atomic E-state index is 11.5. The number of nitro groups is 1. The van der Waals surface area contributed by atoms with Gasteiger partial charge in [0.05, 0.1) is 9.82 Å². The van der Waals surface area contributed by atoms with Crippen molar-refractivity contribution in [3.63, 3.8) is 0 Å². The Hall–Kier alpha value is -2.21. The molecule has 0 saturated heterocycles. The fourth-order valence-corrected chi connectivity index (χ4v) is 3.00. The van der Waals surface area contributed by atoms with E-state index in [0.29, 0.717) is 30.4 Å². The molecular weight excluding hydrogens is 495 g/mol. The molecular formula is C18H23IN4O4S. The molecule has 0 amide bonds. The fraction of sp³-hybridized carbons (Fsp3) is 0.278. The van der Waals surface area contributed by atoms with Crippen LogP contribution in [-0.4, -0.2) is 39.1 Å². The summed E-state index contributed by atoms with van der Waals surface area (Å²) in [5.74, 6) is 0.612. The number of non-ortho nitro benzene ring substituents is 1. The normalized spacial score (nSPS) is 11.4. The summed E-state index contributed by atoms with van der Waals surface area (Å²) in [5, 5.41) is 17.0. The van der Waals surface area contributed by atoms with Crippen LogP contribution in [0, 0.1) is 10.1 Å². The lowest BCUT2D eigenvalue weighted by molar-refractivity contribution is -0.384. The monoisotopic (exact) mass is 518 g/mol. The lowest BCUT2D eigenvalue weighted by Gasteiger charge is -2.12. The number of rotatable bonds is 7. The molecule has 0 bridgehead atoms. The number of hydrogen-bond acceptors (Lipinski definition) is 5. The van der Waals surface area contributed by atoms with E-state index in [1.807, 2.05) is 0 Å². The van der Waals surface area contributed by atoms with Gasteiger partial charge < -0.3 is 10.6 Å². The lowest BCUT2D eigenvalue weighted by atomic mass is 10.1. The summed E-state index contributed by atoms with van der Waals surface area (Å²) in [6.07, 6.45) is 1.90. The number of nitrogens with one attached hydrogen (secondary N) is 2. The number of guanidine groups is 1. The van der Waals surface area contributed by atoms with Crippen LogP contribution in [0.4, 0.5) is 5.69 Å². The number of halogens is 1. The number of nitrogens with zero attached hydrogens (tertiary/aromatic N) is 2. The highest BCUT2D eigenvalue weighted by atomic mass is 127. The molecule has 0 spiro atoms. The van der Waals surface area contributed by atoms with E-state index < -0.39 is 14.8 Å². The van der Waals surface area contributed by atoms with Crippen LogP contribution in [-0.2, 0) is 22.8 Å². The first kappa shape index (κ1) is 23.8. The molecule has 0 atom stereocenters. The molecule has 2 N–H and O–H groups in total. The van der Waals surface area contributed by atoms with Crippen molar-refractivity contribution in [3.05, 3.63) is 69.8 Å². The molecule has 0 fully saturated rings. The third-order valence-electron chi connectivity index (χ3n) is 3.89. The van der Waals surface area contributed by atoms with Gasteiger partial charge in [0.2, 0.25) is 0 Å². The third-order valence-corrected chi connectivity index (χ3v) is 5.02. The van der Waals surface area contributed by atoms with E-state index in [0.717, 1.165) is 11.1 Å². The summed E-state index contributed by atoms with van der Waals surface area (Å²) in [6.45, 7) is 1.11. The molecule has 2 rings (SSSR count). The zero-order valence-electron chi connectivity index (χ0n) is 15.6. The topological polar surface area (TPSA) is 114 Å². The molecule has 0 saturated carbocycles. The zero-order chi connectivity index (χ0) is 19.9. The van der Waals surface area contributed by atoms with Crippen molar-refractivity contribution < 1.29 is 13.3 Å². The van der Waals surface area contributed by atoms with Gasteiger partial charge >= 0.3 is 0 Å². The molecule has 28 heavy (non-hydrogen) atoms. The van der Waals surface area contributed by atoms with Gasteiger partial charge in [0, 0.05) is 38.5 Å². The second kappa shape index (κ2) is 11.0. The minimum Gasteiger partial charge on any atom is -0.356 e. The van der Waals surface area contributed by atoms with Crippen LogP contribution in [0.25, 0.3) is 0 Å². The van der Waals surface area contributed by atoms with Crippen LogP contribution in [0.15, 0.2) is 58.4 Å². The number of nitro benzene ring substituents is 1. The molecule has 0 radical (unpaired) electrons. The van der Waals surface area contributed by atoms with E-state index >= 15 is 0 Å². The zero-order valence-corrected chi connectivity index (χ0v) is 18.7. The molecule has 8 nitrogen and oxygen atoms in total.